The number of nitrogens with zero attached hydrogens (tertiary/aromatic N) is 3. The van der Waals surface area contributed by atoms with Crippen LogP contribution in [0.3, 0.4) is 0 Å². The first kappa shape index (κ1) is 22.2. The van der Waals surface area contributed by atoms with E-state index in [1.54, 1.807) is 36.5 Å². The van der Waals surface area contributed by atoms with Gasteiger partial charge in [-0.05, 0) is 35.9 Å². The first-order chi connectivity index (χ1) is 15.3. The molecule has 1 saturated heterocycles. The molecule has 1 aromatic heterocycles. The molecule has 168 valence electrons. The molecule has 3 aromatic rings. The smallest absolute Gasteiger partial charge is 0.382 e. The standard InChI is InChI=1S/C24H23F4N3O/c25-20-5-3-4-19(23(32)21-6-1-2-11-29-21)22(20)31-14-12-30(13-15-31)16-17-7-9-18(10-8-17)24(26,27)28/h1-11,23,32H,12-16H2/t23-/m0/s1. The fourth-order valence-corrected chi connectivity index (χ4v) is 3.97. The molecule has 4 rings (SSSR count). The van der Waals surface area contributed by atoms with Gasteiger partial charge in [-0.1, -0.05) is 30.3 Å². The first-order valence-corrected chi connectivity index (χ1v) is 10.3. The van der Waals surface area contributed by atoms with E-state index in [4.69, 9.17) is 0 Å². The summed E-state index contributed by atoms with van der Waals surface area (Å²) in [6.07, 6.45) is -3.81. The highest BCUT2D eigenvalue weighted by atomic mass is 19.4. The maximum absolute atomic E-state index is 14.8. The van der Waals surface area contributed by atoms with Crippen molar-refractivity contribution in [2.24, 2.45) is 0 Å². The molecule has 0 radical (unpaired) electrons. The predicted octanol–water partition coefficient (Wildman–Crippen LogP) is 4.64. The van der Waals surface area contributed by atoms with Crippen molar-refractivity contribution in [2.45, 2.75) is 18.8 Å². The van der Waals surface area contributed by atoms with Crippen LogP contribution in [-0.2, 0) is 12.7 Å². The zero-order valence-corrected chi connectivity index (χ0v) is 17.3. The number of hydrogen-bond donors (Lipinski definition) is 1. The van der Waals surface area contributed by atoms with Gasteiger partial charge in [0.2, 0.25) is 0 Å². The Morgan fingerprint density at radius 2 is 1.62 bits per heavy atom. The Hall–Kier alpha value is -2.97. The summed E-state index contributed by atoms with van der Waals surface area (Å²) in [4.78, 5) is 8.20. The largest absolute Gasteiger partial charge is 0.416 e. The summed E-state index contributed by atoms with van der Waals surface area (Å²) in [5.41, 5.74) is 1.40. The molecular formula is C24H23F4N3O. The van der Waals surface area contributed by atoms with Crippen LogP contribution in [-0.4, -0.2) is 41.2 Å². The Bertz CT molecular complexity index is 1030. The quantitative estimate of drug-likeness (QED) is 0.581. The molecule has 2 aromatic carbocycles. The lowest BCUT2D eigenvalue weighted by molar-refractivity contribution is -0.137. The Labute approximate surface area is 183 Å². The molecule has 32 heavy (non-hydrogen) atoms. The van der Waals surface area contributed by atoms with Gasteiger partial charge in [0.05, 0.1) is 16.9 Å². The van der Waals surface area contributed by atoms with E-state index in [0.29, 0.717) is 49.7 Å². The summed E-state index contributed by atoms with van der Waals surface area (Å²) in [6.45, 7) is 2.82. The molecule has 0 bridgehead atoms. The van der Waals surface area contributed by atoms with Crippen molar-refractivity contribution in [3.05, 3.63) is 95.1 Å². The van der Waals surface area contributed by atoms with E-state index in [1.165, 1.54) is 18.2 Å². The van der Waals surface area contributed by atoms with Gasteiger partial charge in [-0.2, -0.15) is 13.2 Å². The number of benzene rings is 2. The number of para-hydroxylation sites is 1. The van der Waals surface area contributed by atoms with Crippen LogP contribution in [0.25, 0.3) is 0 Å². The molecule has 0 aliphatic carbocycles. The number of aromatic nitrogens is 1. The molecule has 0 saturated carbocycles. The summed E-state index contributed by atoms with van der Waals surface area (Å²) in [7, 11) is 0. The molecule has 0 amide bonds. The molecule has 4 nitrogen and oxygen atoms in total. The van der Waals surface area contributed by atoms with Crippen LogP contribution in [0.4, 0.5) is 23.2 Å². The van der Waals surface area contributed by atoms with Crippen molar-refractivity contribution >= 4 is 5.69 Å². The second-order valence-electron chi connectivity index (χ2n) is 7.79. The number of pyridine rings is 1. The summed E-state index contributed by atoms with van der Waals surface area (Å²) in [5.74, 6) is -0.409. The van der Waals surface area contributed by atoms with Crippen molar-refractivity contribution in [1.29, 1.82) is 0 Å². The number of halogens is 4. The number of piperazine rings is 1. The van der Waals surface area contributed by atoms with Crippen LogP contribution >= 0.6 is 0 Å². The minimum atomic E-state index is -4.35. The number of alkyl halides is 3. The van der Waals surface area contributed by atoms with Crippen molar-refractivity contribution in [2.75, 3.05) is 31.1 Å². The van der Waals surface area contributed by atoms with Crippen LogP contribution in [0.2, 0.25) is 0 Å². The van der Waals surface area contributed by atoms with Gasteiger partial charge in [-0.3, -0.25) is 9.88 Å². The Morgan fingerprint density at radius 1 is 0.906 bits per heavy atom. The van der Waals surface area contributed by atoms with E-state index in [0.717, 1.165) is 17.7 Å². The molecule has 8 heteroatoms. The third-order valence-electron chi connectivity index (χ3n) is 5.66. The van der Waals surface area contributed by atoms with Crippen molar-refractivity contribution < 1.29 is 22.7 Å². The van der Waals surface area contributed by atoms with E-state index in [-0.39, 0.29) is 0 Å². The van der Waals surface area contributed by atoms with E-state index >= 15 is 0 Å². The highest BCUT2D eigenvalue weighted by Gasteiger charge is 2.30. The Kier molecular flexibility index (Phi) is 6.43. The lowest BCUT2D eigenvalue weighted by atomic mass is 10.0. The second-order valence-corrected chi connectivity index (χ2v) is 7.79. The number of rotatable bonds is 5. The average molecular weight is 445 g/mol. The van der Waals surface area contributed by atoms with Crippen molar-refractivity contribution in [3.63, 3.8) is 0 Å². The highest BCUT2D eigenvalue weighted by molar-refractivity contribution is 5.57. The number of aliphatic hydroxyl groups is 1. The third kappa shape index (κ3) is 4.92. The molecule has 2 heterocycles. The van der Waals surface area contributed by atoms with Gasteiger partial charge in [-0.25, -0.2) is 4.39 Å². The van der Waals surface area contributed by atoms with Crippen molar-refractivity contribution in [1.82, 2.24) is 9.88 Å². The van der Waals surface area contributed by atoms with Gasteiger partial charge in [0.15, 0.2) is 0 Å². The lowest BCUT2D eigenvalue weighted by Gasteiger charge is -2.37. The second kappa shape index (κ2) is 9.26. The molecule has 1 atom stereocenters. The predicted molar refractivity (Wildman–Crippen MR) is 114 cm³/mol. The number of aliphatic hydroxyl groups excluding tert-OH is 1. The first-order valence-electron chi connectivity index (χ1n) is 10.3. The average Bonchev–Trinajstić information content (AvgIpc) is 2.79. The summed E-state index contributed by atoms with van der Waals surface area (Å²) < 4.78 is 53.0. The maximum atomic E-state index is 14.8. The Balaban J connectivity index is 1.44. The van der Waals surface area contributed by atoms with E-state index in [1.807, 2.05) is 4.90 Å². The third-order valence-corrected chi connectivity index (χ3v) is 5.66. The molecule has 1 aliphatic heterocycles. The molecule has 0 unspecified atom stereocenters. The van der Waals surface area contributed by atoms with Crippen molar-refractivity contribution in [3.8, 4) is 0 Å². The van der Waals surface area contributed by atoms with Gasteiger partial charge < -0.3 is 10.0 Å². The normalized spacial score (nSPS) is 16.2. The summed E-state index contributed by atoms with van der Waals surface area (Å²) in [6, 6.07) is 15.0. The van der Waals surface area contributed by atoms with Crippen LogP contribution in [0.15, 0.2) is 66.9 Å². The van der Waals surface area contributed by atoms with Gasteiger partial charge in [0, 0.05) is 44.5 Å². The highest BCUT2D eigenvalue weighted by Crippen LogP contribution is 2.33. The summed E-state index contributed by atoms with van der Waals surface area (Å²) in [5, 5.41) is 10.8. The topological polar surface area (TPSA) is 39.6 Å². The fraction of sp³-hybridized carbons (Fsp3) is 0.292. The molecule has 1 aliphatic rings. The van der Waals surface area contributed by atoms with E-state index in [2.05, 4.69) is 9.88 Å². The maximum Gasteiger partial charge on any atom is 0.416 e. The van der Waals surface area contributed by atoms with Gasteiger partial charge in [0.25, 0.3) is 0 Å². The van der Waals surface area contributed by atoms with Gasteiger partial charge >= 0.3 is 6.18 Å². The van der Waals surface area contributed by atoms with Crippen LogP contribution in [0.1, 0.15) is 28.5 Å². The molecular weight excluding hydrogens is 422 g/mol. The minimum Gasteiger partial charge on any atom is -0.382 e. The number of hydrogen-bond acceptors (Lipinski definition) is 4. The Morgan fingerprint density at radius 3 is 2.25 bits per heavy atom. The van der Waals surface area contributed by atoms with Crippen LogP contribution in [0, 0.1) is 5.82 Å². The fourth-order valence-electron chi connectivity index (χ4n) is 3.97. The molecule has 1 fully saturated rings. The lowest BCUT2D eigenvalue weighted by Crippen LogP contribution is -2.46. The SMILES string of the molecule is O[C@H](c1ccccn1)c1cccc(F)c1N1CCN(Cc2ccc(C(F)(F)F)cc2)CC1. The van der Waals surface area contributed by atoms with E-state index in [9.17, 15) is 22.7 Å². The summed E-state index contributed by atoms with van der Waals surface area (Å²) >= 11 is 0. The molecule has 0 spiro atoms. The zero-order valence-electron chi connectivity index (χ0n) is 17.3. The van der Waals surface area contributed by atoms with Crippen LogP contribution < -0.4 is 4.90 Å². The van der Waals surface area contributed by atoms with Gasteiger partial charge in [-0.15, -0.1) is 0 Å². The zero-order chi connectivity index (χ0) is 22.7. The van der Waals surface area contributed by atoms with Gasteiger partial charge in [0.1, 0.15) is 11.9 Å². The molecule has 1 N–H and O–H groups in total. The minimum absolute atomic E-state index is 0.361. The monoisotopic (exact) mass is 445 g/mol. The van der Waals surface area contributed by atoms with Crippen LogP contribution in [0.5, 0.6) is 0 Å². The number of anilines is 1. The van der Waals surface area contributed by atoms with E-state index < -0.39 is 23.7 Å².